The van der Waals surface area contributed by atoms with Crippen molar-refractivity contribution in [3.05, 3.63) is 84.9 Å². The summed E-state index contributed by atoms with van der Waals surface area (Å²) in [4.78, 5) is 17.0. The van der Waals surface area contributed by atoms with Gasteiger partial charge in [-0.2, -0.15) is 5.10 Å². The number of hydrogen-bond donors (Lipinski definition) is 0. The lowest BCUT2D eigenvalue weighted by molar-refractivity contribution is 0.0746. The van der Waals surface area contributed by atoms with E-state index >= 15 is 0 Å². The van der Waals surface area contributed by atoms with E-state index in [-0.39, 0.29) is 5.91 Å². The highest BCUT2D eigenvalue weighted by molar-refractivity contribution is 5.95. The third kappa shape index (κ3) is 3.55. The summed E-state index contributed by atoms with van der Waals surface area (Å²) < 4.78 is 3.68. The molecule has 3 aromatic heterocycles. The average molecular weight is 399 g/mol. The van der Waals surface area contributed by atoms with Crippen LogP contribution in [-0.4, -0.2) is 61.5 Å². The van der Waals surface area contributed by atoms with Crippen LogP contribution in [0.1, 0.15) is 10.4 Å². The fourth-order valence-corrected chi connectivity index (χ4v) is 3.64. The molecule has 0 radical (unpaired) electrons. The van der Waals surface area contributed by atoms with Gasteiger partial charge in [0.05, 0.1) is 5.69 Å². The number of hydrogen-bond acceptors (Lipinski definition) is 5. The summed E-state index contributed by atoms with van der Waals surface area (Å²) >= 11 is 0. The van der Waals surface area contributed by atoms with Crippen LogP contribution in [0.3, 0.4) is 0 Å². The fraction of sp³-hybridized carbons (Fsp3) is 0.182. The molecular weight excluding hydrogens is 378 g/mol. The first-order valence-electron chi connectivity index (χ1n) is 9.89. The molecule has 8 heteroatoms. The first kappa shape index (κ1) is 18.1. The Labute approximate surface area is 174 Å². The van der Waals surface area contributed by atoms with E-state index in [1.807, 2.05) is 82.7 Å². The number of carbonyl (C=O) groups is 1. The summed E-state index contributed by atoms with van der Waals surface area (Å²) in [5.41, 5.74) is 1.55. The molecule has 0 aliphatic carbocycles. The van der Waals surface area contributed by atoms with Gasteiger partial charge in [-0.05, 0) is 48.5 Å². The molecule has 8 nitrogen and oxygen atoms in total. The maximum Gasteiger partial charge on any atom is 0.254 e. The second-order valence-electron chi connectivity index (χ2n) is 7.12. The largest absolute Gasteiger partial charge is 0.352 e. The average Bonchev–Trinajstić information content (AvgIpc) is 3.54. The minimum Gasteiger partial charge on any atom is -0.352 e. The van der Waals surface area contributed by atoms with Crippen LogP contribution in [0.15, 0.2) is 79.4 Å². The summed E-state index contributed by atoms with van der Waals surface area (Å²) in [7, 11) is 0. The SMILES string of the molecule is O=C(c1cccc(-n2cccn2)c1)N1CCN(c2ccc(-n3cccc3)nn2)CC1. The lowest BCUT2D eigenvalue weighted by Gasteiger charge is -2.35. The van der Waals surface area contributed by atoms with Gasteiger partial charge in [-0.3, -0.25) is 4.79 Å². The smallest absolute Gasteiger partial charge is 0.254 e. The molecule has 0 saturated carbocycles. The number of anilines is 1. The third-order valence-corrected chi connectivity index (χ3v) is 5.26. The van der Waals surface area contributed by atoms with Gasteiger partial charge in [-0.15, -0.1) is 10.2 Å². The second-order valence-corrected chi connectivity index (χ2v) is 7.12. The van der Waals surface area contributed by atoms with Crippen molar-refractivity contribution in [2.24, 2.45) is 0 Å². The molecule has 1 amide bonds. The molecule has 1 fully saturated rings. The Bertz CT molecular complexity index is 1110. The maximum absolute atomic E-state index is 13.0. The van der Waals surface area contributed by atoms with E-state index in [0.717, 1.165) is 30.4 Å². The molecule has 0 unspecified atom stereocenters. The fourth-order valence-electron chi connectivity index (χ4n) is 3.64. The Morgan fingerprint density at radius 1 is 0.800 bits per heavy atom. The Morgan fingerprint density at radius 3 is 2.27 bits per heavy atom. The van der Waals surface area contributed by atoms with E-state index in [0.29, 0.717) is 18.7 Å². The molecule has 0 N–H and O–H groups in total. The quantitative estimate of drug-likeness (QED) is 0.527. The summed E-state index contributed by atoms with van der Waals surface area (Å²) in [5, 5.41) is 12.9. The lowest BCUT2D eigenvalue weighted by atomic mass is 10.1. The van der Waals surface area contributed by atoms with Crippen molar-refractivity contribution >= 4 is 11.7 Å². The zero-order valence-corrected chi connectivity index (χ0v) is 16.4. The monoisotopic (exact) mass is 399 g/mol. The number of piperazine rings is 1. The molecule has 4 heterocycles. The highest BCUT2D eigenvalue weighted by atomic mass is 16.2. The summed E-state index contributed by atoms with van der Waals surface area (Å²) in [6, 6.07) is 17.3. The second kappa shape index (κ2) is 7.82. The van der Waals surface area contributed by atoms with E-state index < -0.39 is 0 Å². The number of amides is 1. The first-order valence-corrected chi connectivity index (χ1v) is 9.89. The molecule has 0 bridgehead atoms. The number of carbonyl (C=O) groups excluding carboxylic acids is 1. The van der Waals surface area contributed by atoms with Crippen LogP contribution in [0.25, 0.3) is 11.5 Å². The van der Waals surface area contributed by atoms with Crippen molar-refractivity contribution in [3.8, 4) is 11.5 Å². The van der Waals surface area contributed by atoms with Crippen LogP contribution < -0.4 is 4.90 Å². The van der Waals surface area contributed by atoms with Crippen LogP contribution in [0.5, 0.6) is 0 Å². The van der Waals surface area contributed by atoms with Gasteiger partial charge in [0.15, 0.2) is 11.6 Å². The molecule has 5 rings (SSSR count). The van der Waals surface area contributed by atoms with Crippen LogP contribution in [0, 0.1) is 0 Å². The van der Waals surface area contributed by atoms with E-state index in [9.17, 15) is 4.79 Å². The van der Waals surface area contributed by atoms with Gasteiger partial charge in [0, 0.05) is 56.5 Å². The van der Waals surface area contributed by atoms with Crippen molar-refractivity contribution in [2.45, 2.75) is 0 Å². The van der Waals surface area contributed by atoms with E-state index in [1.165, 1.54) is 0 Å². The van der Waals surface area contributed by atoms with Crippen molar-refractivity contribution in [3.63, 3.8) is 0 Å². The molecule has 150 valence electrons. The molecule has 30 heavy (non-hydrogen) atoms. The molecule has 4 aromatic rings. The van der Waals surface area contributed by atoms with Gasteiger partial charge in [0.1, 0.15) is 0 Å². The number of rotatable bonds is 4. The lowest BCUT2D eigenvalue weighted by Crippen LogP contribution is -2.49. The van der Waals surface area contributed by atoms with Crippen molar-refractivity contribution in [2.75, 3.05) is 31.1 Å². The predicted molar refractivity (Wildman–Crippen MR) is 113 cm³/mol. The molecular formula is C22H21N7O. The van der Waals surface area contributed by atoms with Gasteiger partial charge < -0.3 is 14.4 Å². The highest BCUT2D eigenvalue weighted by Gasteiger charge is 2.23. The van der Waals surface area contributed by atoms with E-state index in [2.05, 4.69) is 20.2 Å². The minimum atomic E-state index is 0.0395. The first-order chi connectivity index (χ1) is 14.8. The molecule has 0 atom stereocenters. The van der Waals surface area contributed by atoms with Crippen LogP contribution in [-0.2, 0) is 0 Å². The standard InChI is InChI=1S/C22H21N7O/c30-22(18-5-3-6-19(17-18)29-12-4-9-23-29)28-15-13-27(14-16-28)21-8-7-20(24-25-21)26-10-1-2-11-26/h1-12,17H,13-16H2. The third-order valence-electron chi connectivity index (χ3n) is 5.26. The summed E-state index contributed by atoms with van der Waals surface area (Å²) in [6.45, 7) is 2.74. The molecule has 1 aliphatic rings. The molecule has 1 aliphatic heterocycles. The van der Waals surface area contributed by atoms with Crippen LogP contribution in [0.2, 0.25) is 0 Å². The Kier molecular flexibility index (Phi) is 4.72. The van der Waals surface area contributed by atoms with Crippen molar-refractivity contribution < 1.29 is 4.79 Å². The number of benzene rings is 1. The normalized spacial score (nSPS) is 14.1. The predicted octanol–water partition coefficient (Wildman–Crippen LogP) is 2.42. The summed E-state index contributed by atoms with van der Waals surface area (Å²) in [5.74, 6) is 1.66. The van der Waals surface area contributed by atoms with E-state index in [1.54, 1.807) is 10.9 Å². The van der Waals surface area contributed by atoms with Gasteiger partial charge in [-0.1, -0.05) is 6.07 Å². The van der Waals surface area contributed by atoms with Crippen LogP contribution >= 0.6 is 0 Å². The number of nitrogens with zero attached hydrogens (tertiary/aromatic N) is 7. The van der Waals surface area contributed by atoms with E-state index in [4.69, 9.17) is 0 Å². The van der Waals surface area contributed by atoms with Crippen molar-refractivity contribution in [1.29, 1.82) is 0 Å². The molecule has 1 aromatic carbocycles. The van der Waals surface area contributed by atoms with Gasteiger partial charge in [0.25, 0.3) is 5.91 Å². The van der Waals surface area contributed by atoms with Gasteiger partial charge in [0.2, 0.25) is 0 Å². The molecule has 1 saturated heterocycles. The minimum absolute atomic E-state index is 0.0395. The molecule has 0 spiro atoms. The Morgan fingerprint density at radius 2 is 1.57 bits per heavy atom. The Balaban J connectivity index is 1.24. The topological polar surface area (TPSA) is 72.1 Å². The van der Waals surface area contributed by atoms with Gasteiger partial charge in [-0.25, -0.2) is 4.68 Å². The maximum atomic E-state index is 13.0. The zero-order valence-electron chi connectivity index (χ0n) is 16.4. The highest BCUT2D eigenvalue weighted by Crippen LogP contribution is 2.17. The Hall–Kier alpha value is -3.94. The van der Waals surface area contributed by atoms with Gasteiger partial charge >= 0.3 is 0 Å². The number of aromatic nitrogens is 5. The summed E-state index contributed by atoms with van der Waals surface area (Å²) in [6.07, 6.45) is 7.47. The van der Waals surface area contributed by atoms with Crippen molar-refractivity contribution in [1.82, 2.24) is 29.4 Å². The zero-order chi connectivity index (χ0) is 20.3. The van der Waals surface area contributed by atoms with Crippen LogP contribution in [0.4, 0.5) is 5.82 Å².